The van der Waals surface area contributed by atoms with Gasteiger partial charge in [-0.1, -0.05) is 12.1 Å². The lowest BCUT2D eigenvalue weighted by Gasteiger charge is -2.11. The maximum atomic E-state index is 11.4. The fraction of sp³-hybridized carbons (Fsp3) is 0.500. The third kappa shape index (κ3) is 5.68. The van der Waals surface area contributed by atoms with E-state index in [0.29, 0.717) is 13.0 Å². The Labute approximate surface area is 109 Å². The highest BCUT2D eigenvalue weighted by atomic mass is 16.5. The molecule has 0 radical (unpaired) electrons. The number of benzene rings is 1. The topological polar surface area (TPSA) is 64.4 Å². The fourth-order valence-corrected chi connectivity index (χ4v) is 1.52. The summed E-state index contributed by atoms with van der Waals surface area (Å²) in [6, 6.07) is 7.61. The molecule has 1 atom stereocenters. The Kier molecular flexibility index (Phi) is 5.65. The number of amides is 1. The number of carbonyl (C=O) groups excluding carboxylic acids is 1. The summed E-state index contributed by atoms with van der Waals surface area (Å²) in [6.45, 7) is 6.31. The summed E-state index contributed by atoms with van der Waals surface area (Å²) in [5.41, 5.74) is 6.60. The maximum absolute atomic E-state index is 11.4. The molecule has 0 saturated carbocycles. The highest BCUT2D eigenvalue weighted by molar-refractivity contribution is 5.76. The number of rotatable bonds is 6. The minimum Gasteiger partial charge on any atom is -0.491 e. The van der Waals surface area contributed by atoms with Crippen molar-refractivity contribution in [2.45, 2.75) is 45.9 Å². The maximum Gasteiger partial charge on any atom is 0.221 e. The normalized spacial score (nSPS) is 12.3. The highest BCUT2D eigenvalue weighted by Gasteiger charge is 2.04. The molecule has 18 heavy (non-hydrogen) atoms. The fourth-order valence-electron chi connectivity index (χ4n) is 1.52. The molecule has 4 nitrogen and oxygen atoms in total. The van der Waals surface area contributed by atoms with Crippen LogP contribution in [0.25, 0.3) is 0 Å². The molecule has 0 aliphatic heterocycles. The van der Waals surface area contributed by atoms with Gasteiger partial charge in [-0.15, -0.1) is 0 Å². The summed E-state index contributed by atoms with van der Waals surface area (Å²) in [7, 11) is 0. The molecule has 0 spiro atoms. The second kappa shape index (κ2) is 7.01. The second-order valence-corrected chi connectivity index (χ2v) is 4.77. The van der Waals surface area contributed by atoms with Gasteiger partial charge in [-0.3, -0.25) is 4.79 Å². The van der Waals surface area contributed by atoms with Gasteiger partial charge in [-0.2, -0.15) is 0 Å². The molecule has 0 aromatic heterocycles. The van der Waals surface area contributed by atoms with Crippen LogP contribution in [0.5, 0.6) is 5.75 Å². The zero-order chi connectivity index (χ0) is 13.5. The van der Waals surface area contributed by atoms with Crippen molar-refractivity contribution in [3.8, 4) is 5.75 Å². The molecule has 0 saturated heterocycles. The smallest absolute Gasteiger partial charge is 0.221 e. The Balaban J connectivity index is 2.41. The third-order valence-corrected chi connectivity index (χ3v) is 2.29. The van der Waals surface area contributed by atoms with Crippen LogP contribution in [0.2, 0.25) is 0 Å². The van der Waals surface area contributed by atoms with E-state index in [9.17, 15) is 4.79 Å². The molecule has 1 aromatic rings. The van der Waals surface area contributed by atoms with Crippen molar-refractivity contribution in [1.29, 1.82) is 0 Å². The van der Waals surface area contributed by atoms with Crippen molar-refractivity contribution in [2.75, 3.05) is 0 Å². The van der Waals surface area contributed by atoms with Gasteiger partial charge in [0.25, 0.3) is 0 Å². The van der Waals surface area contributed by atoms with Gasteiger partial charge in [-0.25, -0.2) is 0 Å². The molecule has 1 rings (SSSR count). The number of nitrogens with one attached hydrogen (secondary N) is 1. The number of nitrogens with two attached hydrogens (primary N) is 1. The molecule has 0 heterocycles. The Bertz CT molecular complexity index is 372. The second-order valence-electron chi connectivity index (χ2n) is 4.77. The molecular formula is C14H22N2O2. The zero-order valence-electron chi connectivity index (χ0n) is 11.3. The first-order valence-corrected chi connectivity index (χ1v) is 6.25. The summed E-state index contributed by atoms with van der Waals surface area (Å²) in [6.07, 6.45) is 0.524. The van der Waals surface area contributed by atoms with Gasteiger partial charge < -0.3 is 15.8 Å². The van der Waals surface area contributed by atoms with Crippen molar-refractivity contribution in [3.05, 3.63) is 29.8 Å². The molecule has 0 bridgehead atoms. The Morgan fingerprint density at radius 1 is 1.28 bits per heavy atom. The minimum absolute atomic E-state index is 0.0208. The van der Waals surface area contributed by atoms with E-state index in [-0.39, 0.29) is 18.1 Å². The van der Waals surface area contributed by atoms with E-state index in [1.54, 1.807) is 0 Å². The predicted molar refractivity (Wildman–Crippen MR) is 72.3 cm³/mol. The average Bonchev–Trinajstić information content (AvgIpc) is 2.26. The van der Waals surface area contributed by atoms with Crippen molar-refractivity contribution < 1.29 is 9.53 Å². The van der Waals surface area contributed by atoms with Crippen molar-refractivity contribution in [3.63, 3.8) is 0 Å². The number of ether oxygens (including phenoxy) is 1. The number of hydrogen-bond acceptors (Lipinski definition) is 3. The molecule has 1 amide bonds. The predicted octanol–water partition coefficient (Wildman–Crippen LogP) is 1.83. The summed E-state index contributed by atoms with van der Waals surface area (Å²) in [5, 5.41) is 2.83. The standard InChI is InChI=1S/C14H22N2O2/c1-10(2)18-13-6-4-12(5-7-13)9-16-14(17)8-11(3)15/h4-7,10-11H,8-9,15H2,1-3H3,(H,16,17). The largest absolute Gasteiger partial charge is 0.491 e. The summed E-state index contributed by atoms with van der Waals surface area (Å²) >= 11 is 0. The van der Waals surface area contributed by atoms with E-state index in [1.165, 1.54) is 0 Å². The van der Waals surface area contributed by atoms with Crippen LogP contribution in [-0.4, -0.2) is 18.1 Å². The molecule has 100 valence electrons. The van der Waals surface area contributed by atoms with Crippen LogP contribution in [0, 0.1) is 0 Å². The van der Waals surface area contributed by atoms with E-state index in [4.69, 9.17) is 10.5 Å². The van der Waals surface area contributed by atoms with Crippen LogP contribution in [0.4, 0.5) is 0 Å². The van der Waals surface area contributed by atoms with Crippen LogP contribution in [0.15, 0.2) is 24.3 Å². The van der Waals surface area contributed by atoms with Gasteiger partial charge in [-0.05, 0) is 38.5 Å². The lowest BCUT2D eigenvalue weighted by Crippen LogP contribution is -2.29. The van der Waals surface area contributed by atoms with Crippen LogP contribution in [0.3, 0.4) is 0 Å². The first-order valence-electron chi connectivity index (χ1n) is 6.25. The van der Waals surface area contributed by atoms with Gasteiger partial charge in [0, 0.05) is 19.0 Å². The van der Waals surface area contributed by atoms with E-state index < -0.39 is 0 Å². The van der Waals surface area contributed by atoms with Gasteiger partial charge in [0.05, 0.1) is 6.10 Å². The van der Waals surface area contributed by atoms with Gasteiger partial charge in [0.15, 0.2) is 0 Å². The van der Waals surface area contributed by atoms with Gasteiger partial charge >= 0.3 is 0 Å². The van der Waals surface area contributed by atoms with Crippen LogP contribution >= 0.6 is 0 Å². The summed E-state index contributed by atoms with van der Waals surface area (Å²) in [4.78, 5) is 11.4. The van der Waals surface area contributed by atoms with Crippen molar-refractivity contribution in [2.24, 2.45) is 5.73 Å². The minimum atomic E-state index is -0.105. The first-order chi connectivity index (χ1) is 8.47. The number of carbonyl (C=O) groups is 1. The monoisotopic (exact) mass is 250 g/mol. The molecule has 0 aliphatic carbocycles. The highest BCUT2D eigenvalue weighted by Crippen LogP contribution is 2.13. The Morgan fingerprint density at radius 3 is 2.39 bits per heavy atom. The molecule has 4 heteroatoms. The van der Waals surface area contributed by atoms with Crippen LogP contribution in [-0.2, 0) is 11.3 Å². The number of hydrogen-bond donors (Lipinski definition) is 2. The molecular weight excluding hydrogens is 228 g/mol. The van der Waals surface area contributed by atoms with E-state index in [1.807, 2.05) is 45.0 Å². The molecule has 0 fully saturated rings. The van der Waals surface area contributed by atoms with E-state index >= 15 is 0 Å². The molecule has 1 aromatic carbocycles. The lowest BCUT2D eigenvalue weighted by molar-refractivity contribution is -0.121. The lowest BCUT2D eigenvalue weighted by atomic mass is 10.2. The molecule has 1 unspecified atom stereocenters. The molecule has 3 N–H and O–H groups in total. The SMILES string of the molecule is CC(N)CC(=O)NCc1ccc(OC(C)C)cc1. The Morgan fingerprint density at radius 2 is 1.89 bits per heavy atom. The van der Waals surface area contributed by atoms with E-state index in [2.05, 4.69) is 5.32 Å². The average molecular weight is 250 g/mol. The summed E-state index contributed by atoms with van der Waals surface area (Å²) < 4.78 is 5.54. The van der Waals surface area contributed by atoms with Crippen LogP contribution in [0.1, 0.15) is 32.8 Å². The van der Waals surface area contributed by atoms with Crippen molar-refractivity contribution in [1.82, 2.24) is 5.32 Å². The first kappa shape index (κ1) is 14.5. The Hall–Kier alpha value is -1.55. The van der Waals surface area contributed by atoms with Gasteiger partial charge in [0.1, 0.15) is 5.75 Å². The zero-order valence-corrected chi connectivity index (χ0v) is 11.3. The molecule has 0 aliphatic rings. The third-order valence-electron chi connectivity index (χ3n) is 2.29. The van der Waals surface area contributed by atoms with Gasteiger partial charge in [0.2, 0.25) is 5.91 Å². The van der Waals surface area contributed by atoms with Crippen LogP contribution < -0.4 is 15.8 Å². The quantitative estimate of drug-likeness (QED) is 0.809. The summed E-state index contributed by atoms with van der Waals surface area (Å²) in [5.74, 6) is 0.822. The van der Waals surface area contributed by atoms with E-state index in [0.717, 1.165) is 11.3 Å². The van der Waals surface area contributed by atoms with Crippen molar-refractivity contribution >= 4 is 5.91 Å².